The molecule has 0 bridgehead atoms. The zero-order valence-corrected chi connectivity index (χ0v) is 14.0. The molecule has 0 radical (unpaired) electrons. The lowest BCUT2D eigenvalue weighted by Gasteiger charge is -2.34. The van der Waals surface area contributed by atoms with Gasteiger partial charge in [0.05, 0.1) is 0 Å². The SMILES string of the molecule is Cc1cc(Br)ccc1CNC(C)(CN)C(C)C.Cl. The van der Waals surface area contributed by atoms with Crippen LogP contribution in [-0.4, -0.2) is 12.1 Å². The van der Waals surface area contributed by atoms with E-state index in [-0.39, 0.29) is 17.9 Å². The molecular weight excluding hydrogens is 312 g/mol. The van der Waals surface area contributed by atoms with Crippen LogP contribution in [0.1, 0.15) is 31.9 Å². The van der Waals surface area contributed by atoms with Gasteiger partial charge in [0.25, 0.3) is 0 Å². The van der Waals surface area contributed by atoms with Gasteiger partial charge in [0.1, 0.15) is 0 Å². The lowest BCUT2D eigenvalue weighted by atomic mass is 9.88. The van der Waals surface area contributed by atoms with Crippen LogP contribution < -0.4 is 11.1 Å². The minimum absolute atomic E-state index is 0. The third kappa shape index (κ3) is 4.54. The first-order valence-corrected chi connectivity index (χ1v) is 6.88. The highest BCUT2D eigenvalue weighted by atomic mass is 79.9. The highest BCUT2D eigenvalue weighted by Gasteiger charge is 2.25. The van der Waals surface area contributed by atoms with E-state index in [1.165, 1.54) is 11.1 Å². The van der Waals surface area contributed by atoms with Crippen LogP contribution in [0.2, 0.25) is 0 Å². The molecule has 0 aliphatic carbocycles. The van der Waals surface area contributed by atoms with Crippen molar-refractivity contribution in [3.63, 3.8) is 0 Å². The van der Waals surface area contributed by atoms with Crippen LogP contribution in [0.25, 0.3) is 0 Å². The second-order valence-corrected chi connectivity index (χ2v) is 6.12. The molecule has 18 heavy (non-hydrogen) atoms. The summed E-state index contributed by atoms with van der Waals surface area (Å²) >= 11 is 3.48. The molecule has 0 aliphatic heterocycles. The molecule has 1 atom stereocenters. The largest absolute Gasteiger partial charge is 0.329 e. The summed E-state index contributed by atoms with van der Waals surface area (Å²) in [6.07, 6.45) is 0. The minimum Gasteiger partial charge on any atom is -0.329 e. The molecule has 3 N–H and O–H groups in total. The minimum atomic E-state index is -0.000483. The molecule has 4 heteroatoms. The molecule has 1 unspecified atom stereocenters. The number of halogens is 2. The van der Waals surface area contributed by atoms with Crippen LogP contribution in [0.15, 0.2) is 22.7 Å². The lowest BCUT2D eigenvalue weighted by Crippen LogP contribution is -2.52. The Morgan fingerprint density at radius 2 is 2.00 bits per heavy atom. The number of aryl methyl sites for hydroxylation is 1. The third-order valence-electron chi connectivity index (χ3n) is 3.69. The fourth-order valence-corrected chi connectivity index (χ4v) is 2.14. The number of nitrogens with one attached hydrogen (secondary N) is 1. The fourth-order valence-electron chi connectivity index (χ4n) is 1.67. The molecule has 0 saturated carbocycles. The van der Waals surface area contributed by atoms with Crippen molar-refractivity contribution in [2.24, 2.45) is 11.7 Å². The van der Waals surface area contributed by atoms with Gasteiger partial charge in [-0.15, -0.1) is 12.4 Å². The zero-order valence-electron chi connectivity index (χ0n) is 11.6. The van der Waals surface area contributed by atoms with Crippen LogP contribution in [0.5, 0.6) is 0 Å². The Hall–Kier alpha value is -0.0900. The van der Waals surface area contributed by atoms with E-state index in [1.807, 2.05) is 0 Å². The van der Waals surface area contributed by atoms with Gasteiger partial charge in [-0.1, -0.05) is 35.8 Å². The normalized spacial score (nSPS) is 14.2. The number of nitrogens with two attached hydrogens (primary N) is 1. The van der Waals surface area contributed by atoms with E-state index in [0.29, 0.717) is 12.5 Å². The Morgan fingerprint density at radius 1 is 1.39 bits per heavy atom. The molecule has 1 rings (SSSR count). The van der Waals surface area contributed by atoms with Gasteiger partial charge in [-0.25, -0.2) is 0 Å². The Balaban J connectivity index is 0.00000289. The van der Waals surface area contributed by atoms with Crippen molar-refractivity contribution >= 4 is 28.3 Å². The predicted molar refractivity (Wildman–Crippen MR) is 85.3 cm³/mol. The number of rotatable bonds is 5. The van der Waals surface area contributed by atoms with Gasteiger partial charge in [-0.05, 0) is 43.0 Å². The van der Waals surface area contributed by atoms with Gasteiger partial charge in [-0.2, -0.15) is 0 Å². The molecule has 0 fully saturated rings. The van der Waals surface area contributed by atoms with E-state index in [2.05, 4.69) is 67.1 Å². The van der Waals surface area contributed by atoms with Gasteiger partial charge in [0, 0.05) is 23.1 Å². The number of hydrogen-bond donors (Lipinski definition) is 2. The van der Waals surface area contributed by atoms with E-state index in [9.17, 15) is 0 Å². The summed E-state index contributed by atoms with van der Waals surface area (Å²) in [5.41, 5.74) is 8.49. The first-order chi connectivity index (χ1) is 7.89. The quantitative estimate of drug-likeness (QED) is 0.862. The van der Waals surface area contributed by atoms with E-state index in [0.717, 1.165) is 11.0 Å². The summed E-state index contributed by atoms with van der Waals surface area (Å²) in [5, 5.41) is 3.58. The van der Waals surface area contributed by atoms with Gasteiger partial charge in [-0.3, -0.25) is 0 Å². The summed E-state index contributed by atoms with van der Waals surface area (Å²) in [4.78, 5) is 0. The van der Waals surface area contributed by atoms with Gasteiger partial charge < -0.3 is 11.1 Å². The Kier molecular flexibility index (Phi) is 7.45. The molecule has 2 nitrogen and oxygen atoms in total. The molecular formula is C14H24BrClN2. The summed E-state index contributed by atoms with van der Waals surface area (Å²) in [5.74, 6) is 0.517. The Morgan fingerprint density at radius 3 is 2.44 bits per heavy atom. The molecule has 0 aromatic heterocycles. The Labute approximate surface area is 125 Å². The van der Waals surface area contributed by atoms with Crippen LogP contribution in [0.3, 0.4) is 0 Å². The predicted octanol–water partition coefficient (Wildman–Crippen LogP) is 3.64. The summed E-state index contributed by atoms with van der Waals surface area (Å²) in [6, 6.07) is 6.38. The van der Waals surface area contributed by atoms with Gasteiger partial charge >= 0.3 is 0 Å². The van der Waals surface area contributed by atoms with Crippen LogP contribution in [0, 0.1) is 12.8 Å². The van der Waals surface area contributed by atoms with Gasteiger partial charge in [0.15, 0.2) is 0 Å². The van der Waals surface area contributed by atoms with E-state index in [1.54, 1.807) is 0 Å². The third-order valence-corrected chi connectivity index (χ3v) is 4.18. The van der Waals surface area contributed by atoms with Crippen molar-refractivity contribution in [2.45, 2.75) is 39.8 Å². The average Bonchev–Trinajstić information content (AvgIpc) is 2.27. The first kappa shape index (κ1) is 17.9. The Bertz CT molecular complexity index is 382. The second kappa shape index (κ2) is 7.49. The van der Waals surface area contributed by atoms with Crippen molar-refractivity contribution in [1.29, 1.82) is 0 Å². The zero-order chi connectivity index (χ0) is 13.1. The average molecular weight is 336 g/mol. The van der Waals surface area contributed by atoms with Gasteiger partial charge in [0.2, 0.25) is 0 Å². The molecule has 0 spiro atoms. The summed E-state index contributed by atoms with van der Waals surface area (Å²) < 4.78 is 1.13. The van der Waals surface area contributed by atoms with Crippen molar-refractivity contribution < 1.29 is 0 Å². The molecule has 0 aliphatic rings. The highest BCUT2D eigenvalue weighted by Crippen LogP contribution is 2.19. The van der Waals surface area contributed by atoms with Crippen molar-refractivity contribution in [2.75, 3.05) is 6.54 Å². The van der Waals surface area contributed by atoms with Crippen LogP contribution in [0.4, 0.5) is 0 Å². The standard InChI is InChI=1S/C14H23BrN2.ClH/c1-10(2)14(4,9-16)17-8-12-5-6-13(15)7-11(12)3;/h5-7,10,17H,8-9,16H2,1-4H3;1H. The fraction of sp³-hybridized carbons (Fsp3) is 0.571. The van der Waals surface area contributed by atoms with Crippen LogP contribution in [-0.2, 0) is 6.54 Å². The van der Waals surface area contributed by atoms with E-state index in [4.69, 9.17) is 5.73 Å². The van der Waals surface area contributed by atoms with E-state index >= 15 is 0 Å². The van der Waals surface area contributed by atoms with Crippen LogP contribution >= 0.6 is 28.3 Å². The highest BCUT2D eigenvalue weighted by molar-refractivity contribution is 9.10. The summed E-state index contributed by atoms with van der Waals surface area (Å²) in [7, 11) is 0. The number of benzene rings is 1. The molecule has 0 amide bonds. The molecule has 104 valence electrons. The maximum absolute atomic E-state index is 5.86. The van der Waals surface area contributed by atoms with Crippen molar-refractivity contribution in [3.05, 3.63) is 33.8 Å². The monoisotopic (exact) mass is 334 g/mol. The second-order valence-electron chi connectivity index (χ2n) is 5.20. The lowest BCUT2D eigenvalue weighted by molar-refractivity contribution is 0.267. The number of hydrogen-bond acceptors (Lipinski definition) is 2. The molecule has 0 saturated heterocycles. The van der Waals surface area contributed by atoms with E-state index < -0.39 is 0 Å². The van der Waals surface area contributed by atoms with Crippen molar-refractivity contribution in [3.8, 4) is 0 Å². The molecule has 0 heterocycles. The topological polar surface area (TPSA) is 38.0 Å². The molecule has 1 aromatic carbocycles. The smallest absolute Gasteiger partial charge is 0.0301 e. The summed E-state index contributed by atoms with van der Waals surface area (Å²) in [6.45, 7) is 10.2. The maximum atomic E-state index is 5.86. The van der Waals surface area contributed by atoms with Crippen molar-refractivity contribution in [1.82, 2.24) is 5.32 Å². The molecule has 1 aromatic rings. The maximum Gasteiger partial charge on any atom is 0.0301 e. The first-order valence-electron chi connectivity index (χ1n) is 6.09.